The van der Waals surface area contributed by atoms with E-state index in [1.807, 2.05) is 26.0 Å². The van der Waals surface area contributed by atoms with E-state index in [1.165, 1.54) is 0 Å². The molecular weight excluding hydrogens is 304 g/mol. The maximum atomic E-state index is 12.6. The molecule has 0 aromatic heterocycles. The lowest BCUT2D eigenvalue weighted by atomic mass is 10.0. The summed E-state index contributed by atoms with van der Waals surface area (Å²) in [4.78, 5) is 26.7. The van der Waals surface area contributed by atoms with E-state index in [9.17, 15) is 14.7 Å². The van der Waals surface area contributed by atoms with Gasteiger partial charge in [-0.1, -0.05) is 18.9 Å². The summed E-state index contributed by atoms with van der Waals surface area (Å²) in [5.74, 6) is -1.04. The lowest BCUT2D eigenvalue weighted by molar-refractivity contribution is -0.132. The van der Waals surface area contributed by atoms with Crippen molar-refractivity contribution < 1.29 is 14.7 Å². The minimum absolute atomic E-state index is 0.143. The fourth-order valence-corrected chi connectivity index (χ4v) is 3.87. The zero-order valence-corrected chi connectivity index (χ0v) is 14.5. The number of benzene rings is 1. The number of hydrogen-bond acceptors (Lipinski definition) is 3. The highest BCUT2D eigenvalue weighted by molar-refractivity contribution is 6.09. The Bertz CT molecular complexity index is 630. The first kappa shape index (κ1) is 17.0. The van der Waals surface area contributed by atoms with Crippen LogP contribution in [0.4, 0.5) is 5.69 Å². The largest absolute Gasteiger partial charge is 0.388 e. The minimum atomic E-state index is -0.787. The van der Waals surface area contributed by atoms with Gasteiger partial charge in [-0.2, -0.15) is 0 Å². The van der Waals surface area contributed by atoms with E-state index >= 15 is 0 Å². The summed E-state index contributed by atoms with van der Waals surface area (Å²) in [7, 11) is 0. The maximum absolute atomic E-state index is 12.6. The van der Waals surface area contributed by atoms with Crippen LogP contribution >= 0.6 is 0 Å². The number of nitrogens with one attached hydrogen (secondary N) is 1. The molecule has 1 aliphatic heterocycles. The van der Waals surface area contributed by atoms with Crippen molar-refractivity contribution in [3.63, 3.8) is 0 Å². The van der Waals surface area contributed by atoms with Gasteiger partial charge in [0.05, 0.1) is 5.60 Å². The Morgan fingerprint density at radius 2 is 1.88 bits per heavy atom. The Hall–Kier alpha value is -1.88. The summed E-state index contributed by atoms with van der Waals surface area (Å²) < 4.78 is 0. The molecule has 2 N–H and O–H groups in total. The molecule has 1 saturated heterocycles. The molecule has 5 heteroatoms. The molecule has 1 aromatic carbocycles. The van der Waals surface area contributed by atoms with Crippen LogP contribution in [-0.4, -0.2) is 35.6 Å². The number of carbonyl (C=O) groups is 2. The van der Waals surface area contributed by atoms with Crippen LogP contribution in [0.2, 0.25) is 0 Å². The quantitative estimate of drug-likeness (QED) is 0.831. The monoisotopic (exact) mass is 330 g/mol. The van der Waals surface area contributed by atoms with E-state index in [0.29, 0.717) is 13.0 Å². The van der Waals surface area contributed by atoms with Gasteiger partial charge in [-0.15, -0.1) is 0 Å². The Labute approximate surface area is 143 Å². The number of aliphatic hydroxyl groups is 1. The van der Waals surface area contributed by atoms with Crippen LogP contribution in [0.5, 0.6) is 0 Å². The highest BCUT2D eigenvalue weighted by Gasteiger charge is 2.39. The van der Waals surface area contributed by atoms with Crippen molar-refractivity contribution in [3.05, 3.63) is 29.3 Å². The van der Waals surface area contributed by atoms with E-state index in [-0.39, 0.29) is 18.4 Å². The van der Waals surface area contributed by atoms with Gasteiger partial charge in [-0.25, -0.2) is 0 Å². The highest BCUT2D eigenvalue weighted by Crippen LogP contribution is 2.30. The van der Waals surface area contributed by atoms with E-state index in [4.69, 9.17) is 0 Å². The van der Waals surface area contributed by atoms with Gasteiger partial charge in [0.2, 0.25) is 11.8 Å². The molecule has 1 heterocycles. The second-order valence-electron chi connectivity index (χ2n) is 7.33. The second-order valence-corrected chi connectivity index (χ2v) is 7.33. The number of amides is 2. The first-order chi connectivity index (χ1) is 11.4. The molecule has 1 saturated carbocycles. The van der Waals surface area contributed by atoms with Crippen LogP contribution in [-0.2, 0) is 9.59 Å². The Morgan fingerprint density at radius 3 is 2.50 bits per heavy atom. The van der Waals surface area contributed by atoms with Crippen LogP contribution in [0, 0.1) is 19.8 Å². The first-order valence-corrected chi connectivity index (χ1v) is 8.78. The summed E-state index contributed by atoms with van der Waals surface area (Å²) in [6, 6.07) is 6.02. The predicted molar refractivity (Wildman–Crippen MR) is 92.8 cm³/mol. The summed E-state index contributed by atoms with van der Waals surface area (Å²) in [5.41, 5.74) is 2.29. The Morgan fingerprint density at radius 1 is 1.25 bits per heavy atom. The molecule has 2 amide bonds. The third kappa shape index (κ3) is 3.46. The standard InChI is InChI=1S/C19H26N2O3/c1-13-9-14(2)11-15(10-13)21-8-5-16(18(21)23)17(22)20-12-19(24)6-3-4-7-19/h9-11,16,24H,3-8,12H2,1-2H3,(H,20,22). The van der Waals surface area contributed by atoms with Gasteiger partial charge in [-0.3, -0.25) is 9.59 Å². The Balaban J connectivity index is 1.64. The molecule has 1 unspecified atom stereocenters. The third-order valence-electron chi connectivity index (χ3n) is 5.17. The topological polar surface area (TPSA) is 69.6 Å². The molecule has 24 heavy (non-hydrogen) atoms. The molecule has 2 aliphatic rings. The Kier molecular flexibility index (Phi) is 4.63. The van der Waals surface area contributed by atoms with Crippen molar-refractivity contribution >= 4 is 17.5 Å². The van der Waals surface area contributed by atoms with Crippen molar-refractivity contribution in [2.24, 2.45) is 5.92 Å². The van der Waals surface area contributed by atoms with Gasteiger partial charge in [-0.05, 0) is 56.4 Å². The molecule has 130 valence electrons. The van der Waals surface area contributed by atoms with E-state index < -0.39 is 11.5 Å². The molecule has 1 aromatic rings. The van der Waals surface area contributed by atoms with Crippen molar-refractivity contribution in [1.29, 1.82) is 0 Å². The number of nitrogens with zero attached hydrogens (tertiary/aromatic N) is 1. The normalized spacial score (nSPS) is 22.9. The van der Waals surface area contributed by atoms with Crippen LogP contribution in [0.1, 0.15) is 43.2 Å². The van der Waals surface area contributed by atoms with Crippen LogP contribution in [0.3, 0.4) is 0 Å². The summed E-state index contributed by atoms with van der Waals surface area (Å²) in [6.45, 7) is 4.82. The fourth-order valence-electron chi connectivity index (χ4n) is 3.87. The molecule has 0 spiro atoms. The summed E-state index contributed by atoms with van der Waals surface area (Å²) in [6.07, 6.45) is 3.96. The average Bonchev–Trinajstić information content (AvgIpc) is 3.11. The maximum Gasteiger partial charge on any atom is 0.239 e. The lowest BCUT2D eigenvalue weighted by Gasteiger charge is -2.23. The van der Waals surface area contributed by atoms with Gasteiger partial charge in [0.25, 0.3) is 0 Å². The van der Waals surface area contributed by atoms with Crippen LogP contribution in [0.15, 0.2) is 18.2 Å². The van der Waals surface area contributed by atoms with Gasteiger partial charge in [0, 0.05) is 18.8 Å². The van der Waals surface area contributed by atoms with Gasteiger partial charge in [0.1, 0.15) is 5.92 Å². The van der Waals surface area contributed by atoms with E-state index in [2.05, 4.69) is 11.4 Å². The smallest absolute Gasteiger partial charge is 0.239 e. The average molecular weight is 330 g/mol. The number of aryl methyl sites for hydroxylation is 2. The molecule has 3 rings (SSSR count). The lowest BCUT2D eigenvalue weighted by Crippen LogP contribution is -2.44. The number of anilines is 1. The van der Waals surface area contributed by atoms with Gasteiger partial charge >= 0.3 is 0 Å². The van der Waals surface area contributed by atoms with Crippen molar-refractivity contribution in [1.82, 2.24) is 5.32 Å². The predicted octanol–water partition coefficient (Wildman–Crippen LogP) is 2.08. The van der Waals surface area contributed by atoms with Gasteiger partial charge in [0.15, 0.2) is 0 Å². The SMILES string of the molecule is Cc1cc(C)cc(N2CCC(C(=O)NCC3(O)CCCC3)C2=O)c1. The fraction of sp³-hybridized carbons (Fsp3) is 0.579. The molecule has 1 atom stereocenters. The molecule has 5 nitrogen and oxygen atoms in total. The van der Waals surface area contributed by atoms with Crippen molar-refractivity contribution in [2.75, 3.05) is 18.0 Å². The third-order valence-corrected chi connectivity index (χ3v) is 5.17. The molecular formula is C19H26N2O3. The molecule has 1 aliphatic carbocycles. The molecule has 2 fully saturated rings. The minimum Gasteiger partial charge on any atom is -0.388 e. The molecule has 0 radical (unpaired) electrons. The number of carbonyl (C=O) groups excluding carboxylic acids is 2. The number of hydrogen-bond donors (Lipinski definition) is 2. The molecule has 0 bridgehead atoms. The highest BCUT2D eigenvalue weighted by atomic mass is 16.3. The zero-order chi connectivity index (χ0) is 17.3. The van der Waals surface area contributed by atoms with Crippen molar-refractivity contribution in [3.8, 4) is 0 Å². The number of rotatable bonds is 4. The summed E-state index contributed by atoms with van der Waals surface area (Å²) >= 11 is 0. The second kappa shape index (κ2) is 6.55. The van der Waals surface area contributed by atoms with E-state index in [0.717, 1.165) is 42.5 Å². The summed E-state index contributed by atoms with van der Waals surface area (Å²) in [5, 5.41) is 13.1. The zero-order valence-electron chi connectivity index (χ0n) is 14.5. The first-order valence-electron chi connectivity index (χ1n) is 8.78. The van der Waals surface area contributed by atoms with Crippen LogP contribution < -0.4 is 10.2 Å². The van der Waals surface area contributed by atoms with Crippen LogP contribution in [0.25, 0.3) is 0 Å². The van der Waals surface area contributed by atoms with Gasteiger partial charge < -0.3 is 15.3 Å². The van der Waals surface area contributed by atoms with Crippen molar-refractivity contribution in [2.45, 2.75) is 51.6 Å². The van der Waals surface area contributed by atoms with E-state index in [1.54, 1.807) is 4.90 Å².